The molecule has 96 valence electrons. The molecule has 0 unspecified atom stereocenters. The number of rotatable bonds is 6. The van der Waals surface area contributed by atoms with Crippen molar-refractivity contribution < 1.29 is 4.74 Å². The van der Waals surface area contributed by atoms with Crippen molar-refractivity contribution in [3.63, 3.8) is 0 Å². The lowest BCUT2D eigenvalue weighted by Crippen LogP contribution is -2.12. The van der Waals surface area contributed by atoms with Crippen LogP contribution in [0.1, 0.15) is 12.8 Å². The van der Waals surface area contributed by atoms with Crippen LogP contribution in [0.5, 0.6) is 0 Å². The number of hydrogen-bond donors (Lipinski definition) is 2. The zero-order valence-electron chi connectivity index (χ0n) is 10.1. The molecule has 2 heterocycles. The molecule has 1 aliphatic rings. The molecule has 6 heteroatoms. The highest BCUT2D eigenvalue weighted by molar-refractivity contribution is 7.17. The maximum Gasteiger partial charge on any atom is 0.222 e. The van der Waals surface area contributed by atoms with Crippen LogP contribution in [0, 0.1) is 5.92 Å². The van der Waals surface area contributed by atoms with E-state index in [0.29, 0.717) is 12.6 Å². The van der Waals surface area contributed by atoms with Crippen LogP contribution in [0.15, 0.2) is 11.4 Å². The summed E-state index contributed by atoms with van der Waals surface area (Å²) in [5.74, 6) is 1.92. The Balaban J connectivity index is 1.57. The Hall–Kier alpha value is -1.40. The Bertz CT molecular complexity index is 538. The zero-order valence-corrected chi connectivity index (χ0v) is 10.9. The molecule has 0 aromatic carbocycles. The summed E-state index contributed by atoms with van der Waals surface area (Å²) in [7, 11) is 0. The fourth-order valence-electron chi connectivity index (χ4n) is 1.78. The summed E-state index contributed by atoms with van der Waals surface area (Å²) in [5.41, 5.74) is 6.57. The molecule has 0 radical (unpaired) electrons. The van der Waals surface area contributed by atoms with E-state index in [-0.39, 0.29) is 0 Å². The lowest BCUT2D eigenvalue weighted by atomic mass is 10.4. The fraction of sp³-hybridized carbons (Fsp3) is 0.500. The molecule has 0 bridgehead atoms. The highest BCUT2D eigenvalue weighted by atomic mass is 32.1. The van der Waals surface area contributed by atoms with Gasteiger partial charge in [0.1, 0.15) is 5.82 Å². The van der Waals surface area contributed by atoms with Gasteiger partial charge in [-0.3, -0.25) is 0 Å². The van der Waals surface area contributed by atoms with Crippen molar-refractivity contribution in [2.45, 2.75) is 12.8 Å². The van der Waals surface area contributed by atoms with E-state index < -0.39 is 0 Å². The van der Waals surface area contributed by atoms with E-state index in [1.165, 1.54) is 12.8 Å². The molecule has 0 atom stereocenters. The Morgan fingerprint density at radius 3 is 3.17 bits per heavy atom. The lowest BCUT2D eigenvalue weighted by Gasteiger charge is -2.07. The number of fused-ring (bicyclic) bond motifs is 1. The zero-order chi connectivity index (χ0) is 12.4. The largest absolute Gasteiger partial charge is 0.379 e. The number of ether oxygens (including phenoxy) is 1. The van der Waals surface area contributed by atoms with Crippen molar-refractivity contribution in [1.82, 2.24) is 9.97 Å². The smallest absolute Gasteiger partial charge is 0.222 e. The van der Waals surface area contributed by atoms with Crippen molar-refractivity contribution >= 4 is 33.3 Å². The summed E-state index contributed by atoms with van der Waals surface area (Å²) in [6.07, 6.45) is 2.65. The van der Waals surface area contributed by atoms with Gasteiger partial charge >= 0.3 is 0 Å². The van der Waals surface area contributed by atoms with Crippen LogP contribution < -0.4 is 11.1 Å². The first-order valence-electron chi connectivity index (χ1n) is 6.15. The van der Waals surface area contributed by atoms with Crippen molar-refractivity contribution in [1.29, 1.82) is 0 Å². The van der Waals surface area contributed by atoms with Crippen LogP contribution in [-0.4, -0.2) is 29.7 Å². The van der Waals surface area contributed by atoms with Gasteiger partial charge in [-0.1, -0.05) is 0 Å². The van der Waals surface area contributed by atoms with Gasteiger partial charge in [0.15, 0.2) is 0 Å². The molecule has 18 heavy (non-hydrogen) atoms. The predicted molar refractivity (Wildman–Crippen MR) is 73.9 cm³/mol. The topological polar surface area (TPSA) is 73.1 Å². The Labute approximate surface area is 109 Å². The van der Waals surface area contributed by atoms with Crippen molar-refractivity contribution in [2.24, 2.45) is 5.92 Å². The summed E-state index contributed by atoms with van der Waals surface area (Å²) in [4.78, 5) is 8.41. The Morgan fingerprint density at radius 1 is 1.44 bits per heavy atom. The molecule has 2 aromatic rings. The SMILES string of the molecule is Nc1nc(NCCOCC2CC2)c2sccc2n1. The van der Waals surface area contributed by atoms with E-state index in [4.69, 9.17) is 10.5 Å². The summed E-state index contributed by atoms with van der Waals surface area (Å²) >= 11 is 1.62. The van der Waals surface area contributed by atoms with Crippen LogP contribution in [0.2, 0.25) is 0 Å². The minimum Gasteiger partial charge on any atom is -0.379 e. The Morgan fingerprint density at radius 2 is 2.33 bits per heavy atom. The summed E-state index contributed by atoms with van der Waals surface area (Å²) in [5, 5.41) is 5.26. The van der Waals surface area contributed by atoms with Gasteiger partial charge in [-0.25, -0.2) is 4.98 Å². The first-order valence-corrected chi connectivity index (χ1v) is 7.03. The maximum atomic E-state index is 5.67. The van der Waals surface area contributed by atoms with Crippen LogP contribution >= 0.6 is 11.3 Å². The van der Waals surface area contributed by atoms with Crippen LogP contribution in [0.3, 0.4) is 0 Å². The van der Waals surface area contributed by atoms with Crippen molar-refractivity contribution in [3.8, 4) is 0 Å². The molecule has 1 fully saturated rings. The molecule has 0 spiro atoms. The number of nitrogens with two attached hydrogens (primary N) is 1. The van der Waals surface area contributed by atoms with E-state index in [2.05, 4.69) is 15.3 Å². The highest BCUT2D eigenvalue weighted by Gasteiger charge is 2.20. The molecule has 5 nitrogen and oxygen atoms in total. The molecular formula is C12H16N4OS. The van der Waals surface area contributed by atoms with E-state index in [1.54, 1.807) is 11.3 Å². The van der Waals surface area contributed by atoms with E-state index in [0.717, 1.165) is 35.1 Å². The monoisotopic (exact) mass is 264 g/mol. The van der Waals surface area contributed by atoms with Gasteiger partial charge in [0, 0.05) is 13.2 Å². The van der Waals surface area contributed by atoms with Crippen LogP contribution in [-0.2, 0) is 4.74 Å². The third-order valence-electron chi connectivity index (χ3n) is 2.91. The first-order chi connectivity index (χ1) is 8.83. The number of nitrogen functional groups attached to an aromatic ring is 1. The van der Waals surface area contributed by atoms with E-state index in [1.807, 2.05) is 11.4 Å². The second-order valence-corrected chi connectivity index (χ2v) is 5.43. The van der Waals surface area contributed by atoms with Gasteiger partial charge in [-0.15, -0.1) is 11.3 Å². The number of aromatic nitrogens is 2. The molecule has 1 saturated carbocycles. The molecule has 3 rings (SSSR count). The second-order valence-electron chi connectivity index (χ2n) is 4.51. The summed E-state index contributed by atoms with van der Waals surface area (Å²) in [6, 6.07) is 1.95. The standard InChI is InChI=1S/C12H16N4OS/c13-12-15-9-3-6-18-10(9)11(16-12)14-4-5-17-7-8-1-2-8/h3,6,8H,1-2,4-5,7H2,(H3,13,14,15,16). The van der Waals surface area contributed by atoms with Crippen molar-refractivity contribution in [3.05, 3.63) is 11.4 Å². The van der Waals surface area contributed by atoms with Gasteiger partial charge in [0.2, 0.25) is 5.95 Å². The molecule has 0 amide bonds. The van der Waals surface area contributed by atoms with Gasteiger partial charge in [0.05, 0.1) is 16.8 Å². The molecule has 0 aliphatic heterocycles. The average Bonchev–Trinajstić information content (AvgIpc) is 3.05. The van der Waals surface area contributed by atoms with Crippen molar-refractivity contribution in [2.75, 3.05) is 30.8 Å². The van der Waals surface area contributed by atoms with Gasteiger partial charge in [0.25, 0.3) is 0 Å². The molecule has 1 aliphatic carbocycles. The van der Waals surface area contributed by atoms with Gasteiger partial charge in [-0.2, -0.15) is 4.98 Å². The molecule has 3 N–H and O–H groups in total. The predicted octanol–water partition coefficient (Wildman–Crippen LogP) is 2.11. The average molecular weight is 264 g/mol. The van der Waals surface area contributed by atoms with Crippen LogP contribution in [0.4, 0.5) is 11.8 Å². The number of nitrogens with zero attached hydrogens (tertiary/aromatic N) is 2. The number of anilines is 2. The quantitative estimate of drug-likeness (QED) is 0.782. The highest BCUT2D eigenvalue weighted by Crippen LogP contribution is 2.29. The Kier molecular flexibility index (Phi) is 3.29. The third-order valence-corrected chi connectivity index (χ3v) is 3.82. The number of nitrogens with one attached hydrogen (secondary N) is 1. The van der Waals surface area contributed by atoms with E-state index >= 15 is 0 Å². The minimum absolute atomic E-state index is 0.308. The molecular weight excluding hydrogens is 248 g/mol. The third kappa shape index (κ3) is 2.70. The number of hydrogen-bond acceptors (Lipinski definition) is 6. The maximum absolute atomic E-state index is 5.67. The molecule has 2 aromatic heterocycles. The summed E-state index contributed by atoms with van der Waals surface area (Å²) in [6.45, 7) is 2.34. The normalized spacial score (nSPS) is 15.1. The van der Waals surface area contributed by atoms with E-state index in [9.17, 15) is 0 Å². The van der Waals surface area contributed by atoms with Gasteiger partial charge < -0.3 is 15.8 Å². The minimum atomic E-state index is 0.308. The first kappa shape index (κ1) is 11.7. The van der Waals surface area contributed by atoms with Gasteiger partial charge in [-0.05, 0) is 30.2 Å². The van der Waals surface area contributed by atoms with Crippen LogP contribution in [0.25, 0.3) is 10.2 Å². The second kappa shape index (κ2) is 5.07. The summed E-state index contributed by atoms with van der Waals surface area (Å²) < 4.78 is 6.62. The fourth-order valence-corrected chi connectivity index (χ4v) is 2.57. The molecule has 0 saturated heterocycles. The number of thiophene rings is 1. The lowest BCUT2D eigenvalue weighted by molar-refractivity contribution is 0.134.